The van der Waals surface area contributed by atoms with Crippen LogP contribution in [0.1, 0.15) is 49.9 Å². The van der Waals surface area contributed by atoms with Crippen LogP contribution < -0.4 is 34.7 Å². The molecular formula is C32H33N2NaO4. The van der Waals surface area contributed by atoms with Crippen molar-refractivity contribution in [1.82, 2.24) is 0 Å². The quantitative estimate of drug-likeness (QED) is 0.473. The average molecular weight is 533 g/mol. The molecule has 2 aliphatic carbocycles. The zero-order chi connectivity index (χ0) is 28.3. The first kappa shape index (κ1) is 31.9. The number of ketones is 2. The molecule has 2 aromatic rings. The zero-order valence-corrected chi connectivity index (χ0v) is 26.2. The van der Waals surface area contributed by atoms with Crippen molar-refractivity contribution in [2.75, 3.05) is 0 Å². The number of hydrogen-bond acceptors (Lipinski definition) is 6. The summed E-state index contributed by atoms with van der Waals surface area (Å²) in [7, 11) is 0. The van der Waals surface area contributed by atoms with E-state index >= 15 is 0 Å². The number of phenolic OH excluding ortho intramolecular Hbond substituents is 1. The van der Waals surface area contributed by atoms with Gasteiger partial charge in [-0.2, -0.15) is 0 Å². The van der Waals surface area contributed by atoms with Gasteiger partial charge >= 0.3 is 29.6 Å². The van der Waals surface area contributed by atoms with E-state index in [2.05, 4.69) is 9.98 Å². The fraction of sp³-hybridized carbons (Fsp3) is 0.250. The van der Waals surface area contributed by atoms with E-state index in [9.17, 15) is 19.8 Å². The maximum absolute atomic E-state index is 11.7. The molecule has 0 unspecified atom stereocenters. The van der Waals surface area contributed by atoms with Gasteiger partial charge in [0.25, 0.3) is 0 Å². The van der Waals surface area contributed by atoms with E-state index in [1.807, 2.05) is 26.0 Å². The third-order valence-corrected chi connectivity index (χ3v) is 6.33. The summed E-state index contributed by atoms with van der Waals surface area (Å²) in [5.74, 6) is 0.487. The number of carbonyl (C=O) groups is 2. The molecule has 0 aromatic heterocycles. The third-order valence-electron chi connectivity index (χ3n) is 6.33. The van der Waals surface area contributed by atoms with Crippen LogP contribution in [0.15, 0.2) is 80.8 Å². The Morgan fingerprint density at radius 2 is 0.846 bits per heavy atom. The van der Waals surface area contributed by atoms with E-state index in [0.717, 1.165) is 33.9 Å². The van der Waals surface area contributed by atoms with Crippen molar-refractivity contribution in [3.05, 3.63) is 93.1 Å². The fourth-order valence-corrected chi connectivity index (χ4v) is 4.27. The molecule has 39 heavy (non-hydrogen) atoms. The van der Waals surface area contributed by atoms with Gasteiger partial charge in [0.2, 0.25) is 0 Å². The van der Waals surface area contributed by atoms with Crippen molar-refractivity contribution in [2.45, 2.75) is 55.4 Å². The average Bonchev–Trinajstić information content (AvgIpc) is 2.83. The second-order valence-corrected chi connectivity index (χ2v) is 9.88. The molecule has 0 spiro atoms. The second kappa shape index (κ2) is 13.2. The zero-order valence-electron chi connectivity index (χ0n) is 24.2. The standard InChI is InChI=1S/2C16H17NO2.Na/c2*1-9-5-13(6-10(2)15(9)18)17-14-7-11(3)16(19)12(4)8-14;/h2*5-8,18H,1-4H3;/q;;+1/p-1. The smallest absolute Gasteiger partial charge is 0.872 e. The number of hydrogen-bond donors (Lipinski definition) is 1. The van der Waals surface area contributed by atoms with E-state index in [4.69, 9.17) is 0 Å². The van der Waals surface area contributed by atoms with Crippen LogP contribution in [0.25, 0.3) is 0 Å². The predicted molar refractivity (Wildman–Crippen MR) is 152 cm³/mol. The molecule has 0 saturated heterocycles. The molecule has 0 atom stereocenters. The van der Waals surface area contributed by atoms with Crippen LogP contribution in [0.5, 0.6) is 11.5 Å². The molecule has 7 heteroatoms. The van der Waals surface area contributed by atoms with Crippen LogP contribution in [0, 0.1) is 27.7 Å². The molecule has 0 bridgehead atoms. The van der Waals surface area contributed by atoms with Crippen LogP contribution in [0.2, 0.25) is 0 Å². The Kier molecular flexibility index (Phi) is 10.8. The molecular weight excluding hydrogens is 499 g/mol. The molecule has 0 heterocycles. The summed E-state index contributed by atoms with van der Waals surface area (Å²) < 4.78 is 0. The second-order valence-electron chi connectivity index (χ2n) is 9.88. The van der Waals surface area contributed by atoms with Crippen molar-refractivity contribution in [3.63, 3.8) is 0 Å². The number of aryl methyl sites for hydroxylation is 4. The summed E-state index contributed by atoms with van der Waals surface area (Å²) in [6.45, 7) is 14.4. The molecule has 0 amide bonds. The number of Topliss-reactive ketones (excluding diaryl/α,β-unsaturated/α-hetero) is 2. The number of aromatic hydroxyl groups is 1. The number of benzene rings is 2. The molecule has 0 radical (unpaired) electrons. The van der Waals surface area contributed by atoms with Gasteiger partial charge < -0.3 is 10.2 Å². The third kappa shape index (κ3) is 7.85. The number of nitrogens with zero attached hydrogens (tertiary/aromatic N) is 2. The first-order chi connectivity index (χ1) is 17.8. The fourth-order valence-electron chi connectivity index (χ4n) is 4.27. The summed E-state index contributed by atoms with van der Waals surface area (Å²) in [5, 5.41) is 21.4. The minimum absolute atomic E-state index is 0. The van der Waals surface area contributed by atoms with Gasteiger partial charge in [0, 0.05) is 0 Å². The van der Waals surface area contributed by atoms with Crippen molar-refractivity contribution in [2.24, 2.45) is 9.98 Å². The molecule has 196 valence electrons. The van der Waals surface area contributed by atoms with Gasteiger partial charge in [0.05, 0.1) is 22.8 Å². The molecule has 2 aliphatic rings. The topological polar surface area (TPSA) is 102 Å². The van der Waals surface area contributed by atoms with Crippen molar-refractivity contribution in [3.8, 4) is 11.5 Å². The van der Waals surface area contributed by atoms with Gasteiger partial charge in [-0.15, -0.1) is 5.75 Å². The SMILES string of the molecule is CC1=CC(=Nc2cc(C)c(O)c(C)c2)C=C(C)C1=O.CC1=CC(=Nc2cc(C)c([O-])c(C)c2)C=C(C)C1=O.[Na+]. The van der Waals surface area contributed by atoms with Crippen LogP contribution in [0.4, 0.5) is 11.4 Å². The Labute approximate surface area is 252 Å². The van der Waals surface area contributed by atoms with Gasteiger partial charge in [-0.3, -0.25) is 9.59 Å². The van der Waals surface area contributed by atoms with Gasteiger partial charge in [-0.05, 0) is 137 Å². The number of aliphatic imine (C=N–C) groups is 2. The molecule has 0 fully saturated rings. The van der Waals surface area contributed by atoms with E-state index in [1.54, 1.807) is 78.0 Å². The Bertz CT molecular complexity index is 1330. The Morgan fingerprint density at radius 3 is 1.15 bits per heavy atom. The Morgan fingerprint density at radius 1 is 0.564 bits per heavy atom. The number of carbonyl (C=O) groups excluding carboxylic acids is 2. The van der Waals surface area contributed by atoms with Crippen molar-refractivity contribution < 1.29 is 49.4 Å². The van der Waals surface area contributed by atoms with Gasteiger partial charge in [-0.25, -0.2) is 9.98 Å². The Hall–Kier alpha value is -3.32. The minimum Gasteiger partial charge on any atom is -0.872 e. The maximum Gasteiger partial charge on any atom is 1.00 e. The summed E-state index contributed by atoms with van der Waals surface area (Å²) in [6, 6.07) is 7.20. The van der Waals surface area contributed by atoms with Crippen LogP contribution >= 0.6 is 0 Å². The van der Waals surface area contributed by atoms with Crippen LogP contribution in [-0.2, 0) is 9.59 Å². The predicted octanol–water partition coefficient (Wildman–Crippen LogP) is 3.49. The summed E-state index contributed by atoms with van der Waals surface area (Å²) in [5.41, 5.74) is 8.78. The van der Waals surface area contributed by atoms with E-state index in [0.29, 0.717) is 39.2 Å². The summed E-state index contributed by atoms with van der Waals surface area (Å²) in [6.07, 6.45) is 7.11. The monoisotopic (exact) mass is 532 g/mol. The first-order valence-electron chi connectivity index (χ1n) is 12.3. The van der Waals surface area contributed by atoms with Crippen LogP contribution in [0.3, 0.4) is 0 Å². The van der Waals surface area contributed by atoms with E-state index in [1.165, 1.54) is 0 Å². The molecule has 4 rings (SSSR count). The van der Waals surface area contributed by atoms with Gasteiger partial charge in [-0.1, -0.05) is 11.1 Å². The first-order valence-corrected chi connectivity index (χ1v) is 12.3. The molecule has 6 nitrogen and oxygen atoms in total. The Balaban J connectivity index is 0.000000267. The van der Waals surface area contributed by atoms with Gasteiger partial charge in [0.15, 0.2) is 11.6 Å². The molecule has 1 N–H and O–H groups in total. The number of rotatable bonds is 2. The molecule has 0 aliphatic heterocycles. The largest absolute Gasteiger partial charge is 1.00 e. The van der Waals surface area contributed by atoms with Crippen molar-refractivity contribution >= 4 is 34.4 Å². The van der Waals surface area contributed by atoms with Gasteiger partial charge in [0.1, 0.15) is 5.75 Å². The summed E-state index contributed by atoms with van der Waals surface area (Å²) >= 11 is 0. The normalized spacial score (nSPS) is 14.8. The molecule has 0 saturated carbocycles. The number of allylic oxidation sites excluding steroid dienone is 8. The maximum atomic E-state index is 11.7. The van der Waals surface area contributed by atoms with E-state index in [-0.39, 0.29) is 46.9 Å². The van der Waals surface area contributed by atoms with Crippen LogP contribution in [-0.4, -0.2) is 28.1 Å². The number of phenols is 1. The molecule has 2 aromatic carbocycles. The van der Waals surface area contributed by atoms with Crippen molar-refractivity contribution in [1.29, 1.82) is 0 Å². The summed E-state index contributed by atoms with van der Waals surface area (Å²) in [4.78, 5) is 32.3. The van der Waals surface area contributed by atoms with E-state index < -0.39 is 0 Å². The minimum atomic E-state index is 0.